The number of piperidine rings is 1. The Kier molecular flexibility index (Phi) is 8.02. The summed E-state index contributed by atoms with van der Waals surface area (Å²) in [7, 11) is 5.62. The third-order valence-corrected chi connectivity index (χ3v) is 10.4. The molecule has 254 valence electrons. The van der Waals surface area contributed by atoms with Gasteiger partial charge in [-0.3, -0.25) is 23.7 Å². The van der Waals surface area contributed by atoms with Crippen LogP contribution in [0.4, 0.5) is 5.95 Å². The molecule has 0 unspecified atom stereocenters. The van der Waals surface area contributed by atoms with Crippen molar-refractivity contribution >= 4 is 39.3 Å². The summed E-state index contributed by atoms with van der Waals surface area (Å²) in [6, 6.07) is 12.8. The quantitative estimate of drug-likeness (QED) is 0.250. The van der Waals surface area contributed by atoms with Crippen LogP contribution >= 0.6 is 0 Å². The Labute approximate surface area is 288 Å². The van der Waals surface area contributed by atoms with Gasteiger partial charge in [0.2, 0.25) is 5.95 Å². The van der Waals surface area contributed by atoms with Gasteiger partial charge in [0.1, 0.15) is 0 Å². The van der Waals surface area contributed by atoms with E-state index in [0.29, 0.717) is 11.9 Å². The van der Waals surface area contributed by atoms with E-state index in [1.807, 2.05) is 39.7 Å². The summed E-state index contributed by atoms with van der Waals surface area (Å²) in [6.45, 7) is 4.55. The van der Waals surface area contributed by atoms with E-state index in [0.717, 1.165) is 102 Å². The zero-order chi connectivity index (χ0) is 34.5. The number of carboxylic acid groups (broad SMARTS) is 1. The summed E-state index contributed by atoms with van der Waals surface area (Å²) in [5.74, 6) is 0.151. The molecule has 2 aliphatic rings. The molecule has 1 fully saturated rings. The lowest BCUT2D eigenvalue weighted by atomic mass is 9.91. The molecule has 0 amide bonds. The number of benzene rings is 2. The number of carbonyl (C=O) groups is 1. The molecular formula is C38H39N9O3. The van der Waals surface area contributed by atoms with Crippen molar-refractivity contribution in [1.29, 1.82) is 0 Å². The molecular weight excluding hydrogens is 630 g/mol. The molecule has 0 bridgehead atoms. The lowest BCUT2D eigenvalue weighted by Gasteiger charge is -2.36. The molecule has 0 atom stereocenters. The fraction of sp³-hybridized carbons (Fsp3) is 0.316. The highest BCUT2D eigenvalue weighted by Gasteiger charge is 2.25. The highest BCUT2D eigenvalue weighted by molar-refractivity contribution is 6.01. The van der Waals surface area contributed by atoms with Crippen LogP contribution in [0.2, 0.25) is 0 Å². The van der Waals surface area contributed by atoms with Crippen LogP contribution in [0.25, 0.3) is 49.8 Å². The van der Waals surface area contributed by atoms with Crippen molar-refractivity contribution in [2.75, 3.05) is 37.6 Å². The summed E-state index contributed by atoms with van der Waals surface area (Å²) in [5, 5.41) is 15.6. The molecule has 6 aromatic rings. The van der Waals surface area contributed by atoms with Crippen molar-refractivity contribution in [3.63, 3.8) is 0 Å². The Morgan fingerprint density at radius 3 is 2.40 bits per heavy atom. The second-order valence-electron chi connectivity index (χ2n) is 13.5. The van der Waals surface area contributed by atoms with Crippen molar-refractivity contribution in [2.45, 2.75) is 19.3 Å². The minimum absolute atomic E-state index is 0.0355. The molecule has 4 aromatic heterocycles. The first kappa shape index (κ1) is 31.6. The molecule has 6 heterocycles. The summed E-state index contributed by atoms with van der Waals surface area (Å²) >= 11 is 0. The molecule has 2 aromatic carbocycles. The molecule has 50 heavy (non-hydrogen) atoms. The summed E-state index contributed by atoms with van der Waals surface area (Å²) in [4.78, 5) is 42.4. The number of carboxylic acids is 1. The number of hydrogen-bond acceptors (Lipinski definition) is 8. The van der Waals surface area contributed by atoms with Gasteiger partial charge in [0.25, 0.3) is 0 Å². The number of rotatable bonds is 7. The number of fused-ring (bicyclic) bond motifs is 2. The molecule has 0 aliphatic carbocycles. The maximum atomic E-state index is 13.2. The number of nitrogens with zero attached hydrogens (tertiary/aromatic N) is 9. The number of anilines is 1. The van der Waals surface area contributed by atoms with Crippen LogP contribution in [0.5, 0.6) is 0 Å². The topological polar surface area (TPSA) is 127 Å². The summed E-state index contributed by atoms with van der Waals surface area (Å²) in [6.07, 6.45) is 13.8. The van der Waals surface area contributed by atoms with Crippen LogP contribution in [-0.2, 0) is 21.1 Å². The highest BCUT2D eigenvalue weighted by atomic mass is 16.4. The van der Waals surface area contributed by atoms with Crippen molar-refractivity contribution < 1.29 is 9.90 Å². The molecule has 1 N–H and O–H groups in total. The Morgan fingerprint density at radius 2 is 1.70 bits per heavy atom. The van der Waals surface area contributed by atoms with Crippen LogP contribution in [0.3, 0.4) is 0 Å². The molecule has 8 rings (SSSR count). The molecule has 12 heteroatoms. The van der Waals surface area contributed by atoms with Gasteiger partial charge in [-0.2, -0.15) is 5.10 Å². The Morgan fingerprint density at radius 1 is 0.900 bits per heavy atom. The van der Waals surface area contributed by atoms with Crippen molar-refractivity contribution in [3.05, 3.63) is 95.1 Å². The van der Waals surface area contributed by atoms with E-state index in [1.165, 1.54) is 18.0 Å². The molecule has 0 spiro atoms. The van der Waals surface area contributed by atoms with E-state index in [1.54, 1.807) is 13.8 Å². The third kappa shape index (κ3) is 5.75. The fourth-order valence-corrected chi connectivity index (χ4v) is 7.58. The van der Waals surface area contributed by atoms with Gasteiger partial charge in [-0.15, -0.1) is 0 Å². The second kappa shape index (κ2) is 12.7. The molecule has 0 radical (unpaired) electrons. The summed E-state index contributed by atoms with van der Waals surface area (Å²) in [5.41, 5.74) is 8.32. The minimum Gasteiger partial charge on any atom is -0.478 e. The smallest absolute Gasteiger partial charge is 0.338 e. The number of hydrogen-bond donors (Lipinski definition) is 1. The van der Waals surface area contributed by atoms with E-state index >= 15 is 0 Å². The van der Waals surface area contributed by atoms with E-state index in [9.17, 15) is 9.59 Å². The minimum atomic E-state index is -1.02. The fourth-order valence-electron chi connectivity index (χ4n) is 7.58. The molecule has 2 aliphatic heterocycles. The number of aromatic carboxylic acids is 1. The van der Waals surface area contributed by atoms with Gasteiger partial charge in [0, 0.05) is 95.2 Å². The third-order valence-electron chi connectivity index (χ3n) is 10.4. The maximum absolute atomic E-state index is 13.2. The number of pyridine rings is 1. The zero-order valence-corrected chi connectivity index (χ0v) is 28.5. The van der Waals surface area contributed by atoms with Crippen molar-refractivity contribution in [1.82, 2.24) is 38.8 Å². The van der Waals surface area contributed by atoms with E-state index in [-0.39, 0.29) is 11.3 Å². The van der Waals surface area contributed by atoms with E-state index < -0.39 is 5.97 Å². The SMILES string of the molecule is Cn1cc(-c2cc3cccc(-c4cc(C5=CCN(CC6CCN(c7ncc(C(=O)O)cn7)CC6)CC5)c5c(c4)n(C)c(=O)n5C)c3cn2)cn1. The van der Waals surface area contributed by atoms with Crippen LogP contribution in [0.15, 0.2) is 78.3 Å². The number of aromatic nitrogens is 7. The van der Waals surface area contributed by atoms with Crippen LogP contribution in [-0.4, -0.2) is 82.6 Å². The van der Waals surface area contributed by atoms with Crippen LogP contribution in [0.1, 0.15) is 35.2 Å². The number of imidazole rings is 1. The predicted octanol–water partition coefficient (Wildman–Crippen LogP) is 4.99. The average Bonchev–Trinajstić information content (AvgIpc) is 3.68. The predicted molar refractivity (Wildman–Crippen MR) is 194 cm³/mol. The Bertz CT molecular complexity index is 2340. The number of aryl methyl sites for hydroxylation is 3. The Balaban J connectivity index is 1.04. The second-order valence-corrected chi connectivity index (χ2v) is 13.5. The monoisotopic (exact) mass is 669 g/mol. The Hall–Kier alpha value is -5.62. The van der Waals surface area contributed by atoms with Gasteiger partial charge < -0.3 is 10.0 Å². The van der Waals surface area contributed by atoms with Crippen molar-refractivity contribution in [2.24, 2.45) is 27.1 Å². The standard InChI is InChI=1S/C38H39N9O3/c1-43-23-29(20-42-43)33-16-26-5-4-6-30(32(26)21-39-33)27-15-31(35-34(17-27)44(2)38(50)45(35)3)25-9-11-46(12-10-25)22-24-7-13-47(14-8-24)37-40-18-28(19-41-37)36(48)49/h4-6,9,15-21,23-24H,7-8,10-14,22H2,1-3H3,(H,48,49). The molecule has 12 nitrogen and oxygen atoms in total. The van der Waals surface area contributed by atoms with Crippen molar-refractivity contribution in [3.8, 4) is 22.4 Å². The summed E-state index contributed by atoms with van der Waals surface area (Å²) < 4.78 is 5.31. The first-order valence-corrected chi connectivity index (χ1v) is 17.0. The van der Waals surface area contributed by atoms with E-state index in [4.69, 9.17) is 10.1 Å². The van der Waals surface area contributed by atoms with E-state index in [2.05, 4.69) is 67.3 Å². The van der Waals surface area contributed by atoms with Gasteiger partial charge in [-0.1, -0.05) is 24.3 Å². The maximum Gasteiger partial charge on any atom is 0.338 e. The van der Waals surface area contributed by atoms with Crippen LogP contribution < -0.4 is 10.6 Å². The van der Waals surface area contributed by atoms with Gasteiger partial charge >= 0.3 is 11.7 Å². The molecule has 1 saturated heterocycles. The molecule has 0 saturated carbocycles. The van der Waals surface area contributed by atoms with Gasteiger partial charge in [-0.25, -0.2) is 19.6 Å². The normalized spacial score (nSPS) is 16.0. The first-order valence-electron chi connectivity index (χ1n) is 17.0. The average molecular weight is 670 g/mol. The van der Waals surface area contributed by atoms with Crippen LogP contribution in [0, 0.1) is 5.92 Å². The van der Waals surface area contributed by atoms with Gasteiger partial charge in [0.05, 0.1) is 28.5 Å². The first-order chi connectivity index (χ1) is 24.2. The largest absolute Gasteiger partial charge is 0.478 e. The highest BCUT2D eigenvalue weighted by Crippen LogP contribution is 2.37. The lowest BCUT2D eigenvalue weighted by Crippen LogP contribution is -2.40. The zero-order valence-electron chi connectivity index (χ0n) is 28.5. The van der Waals surface area contributed by atoms with Gasteiger partial charge in [-0.05, 0) is 65.5 Å². The van der Waals surface area contributed by atoms with Gasteiger partial charge in [0.15, 0.2) is 0 Å². The lowest BCUT2D eigenvalue weighted by molar-refractivity contribution is 0.0696.